The van der Waals surface area contributed by atoms with E-state index in [2.05, 4.69) is 5.32 Å². The van der Waals surface area contributed by atoms with Crippen LogP contribution in [0.1, 0.15) is 37.3 Å². The number of nitrogens with zero attached hydrogens (tertiary/aromatic N) is 2. The van der Waals surface area contributed by atoms with Gasteiger partial charge in [-0.15, -0.1) is 0 Å². The van der Waals surface area contributed by atoms with E-state index >= 15 is 0 Å². The maximum Gasteiger partial charge on any atom is 0.290 e. The van der Waals surface area contributed by atoms with E-state index in [1.165, 1.54) is 31.4 Å². The summed E-state index contributed by atoms with van der Waals surface area (Å²) in [7, 11) is 1.53. The van der Waals surface area contributed by atoms with E-state index in [1.54, 1.807) is 28.9 Å². The molecule has 1 aliphatic carbocycles. The van der Waals surface area contributed by atoms with Gasteiger partial charge in [-0.1, -0.05) is 23.7 Å². The van der Waals surface area contributed by atoms with Crippen LogP contribution in [-0.4, -0.2) is 84.7 Å². The Hall–Kier alpha value is -4.68. The number of ether oxygens (including phenoxy) is 3. The van der Waals surface area contributed by atoms with Crippen LogP contribution in [0.15, 0.2) is 66.2 Å². The Morgan fingerprint density at radius 1 is 1.02 bits per heavy atom. The summed E-state index contributed by atoms with van der Waals surface area (Å²) in [6, 6.07) is 15.7. The maximum atomic E-state index is 14.9. The van der Waals surface area contributed by atoms with Crippen molar-refractivity contribution >= 4 is 35.5 Å². The number of nitrogens with one attached hydrogen (secondary N) is 1. The standard InChI is InChI=1S/C35H36ClF2N3O5.CH2O2/c1-21(42)40-19-25-17-29(22-3-8-27(9-4-22)45-13-14-46-33-16-24(37)5-11-30(33)36)34(32(20-40)39-25)35(43)41(26-6-7-26)18-23-15-28(44-2)10-12-31(23)38;2-1-3/h3-5,8-12,15-16,25-26,32,39H,6-7,13-14,17-20H2,1-2H3;1H,(H,2,3). The number of halogens is 3. The summed E-state index contributed by atoms with van der Waals surface area (Å²) in [5.41, 5.74) is 2.79. The zero-order chi connectivity index (χ0) is 35.1. The van der Waals surface area contributed by atoms with Crippen LogP contribution in [0, 0.1) is 11.6 Å². The first-order valence-electron chi connectivity index (χ1n) is 15.9. The van der Waals surface area contributed by atoms with Crippen LogP contribution in [0.3, 0.4) is 0 Å². The molecule has 2 aliphatic heterocycles. The molecule has 260 valence electrons. The fourth-order valence-corrected chi connectivity index (χ4v) is 6.34. The SMILES string of the molecule is COc1ccc(F)c(CN(C(=O)C2=C(c3ccc(OCCOc4cc(F)ccc4Cl)cc3)CC3CN(C(C)=O)CC2N3)C2CC2)c1.O=CO. The molecule has 49 heavy (non-hydrogen) atoms. The van der Waals surface area contributed by atoms with Crippen molar-refractivity contribution in [3.63, 3.8) is 0 Å². The van der Waals surface area contributed by atoms with Crippen LogP contribution in [0.25, 0.3) is 5.57 Å². The van der Waals surface area contributed by atoms with Crippen LogP contribution in [-0.2, 0) is 20.9 Å². The summed E-state index contributed by atoms with van der Waals surface area (Å²) in [5.74, 6) is 0.360. The highest BCUT2D eigenvalue weighted by atomic mass is 35.5. The number of hydrogen-bond acceptors (Lipinski definition) is 7. The van der Waals surface area contributed by atoms with Gasteiger partial charge in [0.05, 0.1) is 18.2 Å². The zero-order valence-electron chi connectivity index (χ0n) is 27.2. The van der Waals surface area contributed by atoms with E-state index in [0.29, 0.717) is 47.2 Å². The number of carbonyl (C=O) groups is 3. The van der Waals surface area contributed by atoms with Crippen LogP contribution in [0.5, 0.6) is 17.2 Å². The third-order valence-electron chi connectivity index (χ3n) is 8.63. The molecule has 10 nitrogen and oxygen atoms in total. The van der Waals surface area contributed by atoms with Gasteiger partial charge in [0.2, 0.25) is 5.91 Å². The summed E-state index contributed by atoms with van der Waals surface area (Å²) in [5, 5.41) is 10.8. The van der Waals surface area contributed by atoms with Crippen LogP contribution >= 0.6 is 11.6 Å². The minimum atomic E-state index is -0.438. The van der Waals surface area contributed by atoms with Gasteiger partial charge in [-0.05, 0) is 72.9 Å². The average molecular weight is 698 g/mol. The van der Waals surface area contributed by atoms with Crippen molar-refractivity contribution in [1.82, 2.24) is 15.1 Å². The first-order valence-corrected chi connectivity index (χ1v) is 16.3. The number of benzene rings is 3. The normalized spacial score (nSPS) is 18.2. The lowest BCUT2D eigenvalue weighted by atomic mass is 9.82. The molecule has 2 amide bonds. The Morgan fingerprint density at radius 2 is 1.71 bits per heavy atom. The first-order chi connectivity index (χ1) is 23.6. The minimum absolute atomic E-state index is 0.0114. The van der Waals surface area contributed by atoms with E-state index in [9.17, 15) is 18.4 Å². The van der Waals surface area contributed by atoms with E-state index in [0.717, 1.165) is 24.0 Å². The van der Waals surface area contributed by atoms with Crippen LogP contribution in [0.2, 0.25) is 5.02 Å². The highest BCUT2D eigenvalue weighted by Gasteiger charge is 2.43. The number of rotatable bonds is 11. The number of piperazine rings is 1. The highest BCUT2D eigenvalue weighted by molar-refractivity contribution is 6.32. The monoisotopic (exact) mass is 697 g/mol. The fourth-order valence-electron chi connectivity index (χ4n) is 6.17. The molecule has 3 aromatic carbocycles. The lowest BCUT2D eigenvalue weighted by Gasteiger charge is -2.44. The van der Waals surface area contributed by atoms with Gasteiger partial charge in [0.25, 0.3) is 12.4 Å². The molecule has 2 N–H and O–H groups in total. The molecule has 0 aromatic heterocycles. The van der Waals surface area contributed by atoms with Crippen molar-refractivity contribution < 1.29 is 42.5 Å². The van der Waals surface area contributed by atoms with E-state index in [-0.39, 0.29) is 61.9 Å². The molecule has 2 unspecified atom stereocenters. The van der Waals surface area contributed by atoms with Crippen molar-refractivity contribution in [2.45, 2.75) is 50.9 Å². The van der Waals surface area contributed by atoms with Gasteiger partial charge in [0.1, 0.15) is 42.1 Å². The number of hydrogen-bond donors (Lipinski definition) is 2. The van der Waals surface area contributed by atoms with Crippen molar-refractivity contribution in [2.24, 2.45) is 0 Å². The molecule has 3 aromatic rings. The topological polar surface area (TPSA) is 118 Å². The highest BCUT2D eigenvalue weighted by Crippen LogP contribution is 2.38. The zero-order valence-corrected chi connectivity index (χ0v) is 27.9. The van der Waals surface area contributed by atoms with Gasteiger partial charge in [0.15, 0.2) is 0 Å². The Morgan fingerprint density at radius 3 is 2.39 bits per heavy atom. The predicted molar refractivity (Wildman–Crippen MR) is 179 cm³/mol. The largest absolute Gasteiger partial charge is 0.497 e. The molecule has 3 aliphatic rings. The molecule has 6 rings (SSSR count). The van der Waals surface area contributed by atoms with Gasteiger partial charge in [0, 0.05) is 55.8 Å². The maximum absolute atomic E-state index is 14.9. The molecule has 2 atom stereocenters. The van der Waals surface area contributed by atoms with Gasteiger partial charge >= 0.3 is 0 Å². The number of fused-ring (bicyclic) bond motifs is 2. The lowest BCUT2D eigenvalue weighted by Crippen LogP contribution is -2.61. The summed E-state index contributed by atoms with van der Waals surface area (Å²) >= 11 is 6.07. The van der Waals surface area contributed by atoms with Crippen LogP contribution < -0.4 is 19.5 Å². The summed E-state index contributed by atoms with van der Waals surface area (Å²) in [6.07, 6.45) is 2.25. The summed E-state index contributed by atoms with van der Waals surface area (Å²) in [4.78, 5) is 38.8. The molecule has 2 fully saturated rings. The number of amides is 2. The lowest BCUT2D eigenvalue weighted by molar-refractivity contribution is -0.132. The predicted octanol–water partition coefficient (Wildman–Crippen LogP) is 5.32. The minimum Gasteiger partial charge on any atom is -0.497 e. The number of methoxy groups -OCH3 is 1. The molecule has 0 radical (unpaired) electrons. The van der Waals surface area contributed by atoms with Gasteiger partial charge < -0.3 is 34.4 Å². The number of carbonyl (C=O) groups excluding carboxylic acids is 2. The quantitative estimate of drug-likeness (QED) is 0.204. The average Bonchev–Trinajstić information content (AvgIpc) is 3.93. The third kappa shape index (κ3) is 8.87. The molecule has 13 heteroatoms. The Bertz CT molecular complexity index is 1700. The number of carboxylic acid groups (broad SMARTS) is 1. The van der Waals surface area contributed by atoms with Gasteiger partial charge in [-0.3, -0.25) is 14.4 Å². The van der Waals surface area contributed by atoms with E-state index < -0.39 is 11.6 Å². The van der Waals surface area contributed by atoms with Crippen molar-refractivity contribution in [3.8, 4) is 17.2 Å². The second-order valence-electron chi connectivity index (χ2n) is 12.0. The molecule has 2 bridgehead atoms. The van der Waals surface area contributed by atoms with E-state index in [4.69, 9.17) is 35.7 Å². The second kappa shape index (κ2) is 16.1. The van der Waals surface area contributed by atoms with E-state index in [1.807, 2.05) is 24.3 Å². The Balaban J connectivity index is 0.00000151. The molecular weight excluding hydrogens is 660 g/mol. The van der Waals surface area contributed by atoms with Gasteiger partial charge in [-0.25, -0.2) is 8.78 Å². The molecule has 2 heterocycles. The molecule has 1 saturated heterocycles. The van der Waals surface area contributed by atoms with Crippen molar-refractivity contribution in [3.05, 3.63) is 94.0 Å². The fraction of sp³-hybridized carbons (Fsp3) is 0.361. The smallest absolute Gasteiger partial charge is 0.290 e. The van der Waals surface area contributed by atoms with Gasteiger partial charge in [-0.2, -0.15) is 0 Å². The molecule has 0 spiro atoms. The third-order valence-corrected chi connectivity index (χ3v) is 8.94. The Labute approximate surface area is 288 Å². The second-order valence-corrected chi connectivity index (χ2v) is 12.4. The Kier molecular flexibility index (Phi) is 11.7. The summed E-state index contributed by atoms with van der Waals surface area (Å²) < 4.78 is 45.1. The summed E-state index contributed by atoms with van der Waals surface area (Å²) in [6.45, 7) is 2.72. The van der Waals surface area contributed by atoms with Crippen molar-refractivity contribution in [2.75, 3.05) is 33.4 Å². The first kappa shape index (κ1) is 35.6. The van der Waals surface area contributed by atoms with Crippen LogP contribution in [0.4, 0.5) is 8.78 Å². The molecule has 1 saturated carbocycles. The van der Waals surface area contributed by atoms with Crippen molar-refractivity contribution in [1.29, 1.82) is 0 Å². The molecular formula is C36H38ClF2N3O7.